The lowest BCUT2D eigenvalue weighted by Gasteiger charge is -2.08. The van der Waals surface area contributed by atoms with E-state index in [4.69, 9.17) is 14.2 Å². The summed E-state index contributed by atoms with van der Waals surface area (Å²) in [5.74, 6) is 1.81. The van der Waals surface area contributed by atoms with Crippen LogP contribution < -0.4 is 19.5 Å². The summed E-state index contributed by atoms with van der Waals surface area (Å²) in [6.07, 6.45) is 3.35. The number of carbonyl (C=O) groups excluding carboxylic acids is 1. The fraction of sp³-hybridized carbons (Fsp3) is 0.0800. The standard InChI is InChI=1S/C25H21N3O4/c1-30-21-12-10-20(11-13-21)28-24(29)18-8-6-17(7-9-18)19-15-26-25(27-16-19)32-23-5-3-4-22(14-23)31-2/h3-16H,1-2H3,(H,28,29). The highest BCUT2D eigenvalue weighted by molar-refractivity contribution is 6.04. The van der Waals surface area contributed by atoms with Crippen LogP contribution >= 0.6 is 0 Å². The van der Waals surface area contributed by atoms with E-state index in [9.17, 15) is 4.79 Å². The highest BCUT2D eigenvalue weighted by Crippen LogP contribution is 2.25. The third kappa shape index (κ3) is 5.02. The number of methoxy groups -OCH3 is 2. The van der Waals surface area contributed by atoms with Gasteiger partial charge in [-0.25, -0.2) is 9.97 Å². The molecular weight excluding hydrogens is 406 g/mol. The molecule has 7 heteroatoms. The minimum absolute atomic E-state index is 0.194. The highest BCUT2D eigenvalue weighted by atomic mass is 16.5. The maximum atomic E-state index is 12.5. The molecule has 32 heavy (non-hydrogen) atoms. The molecule has 0 saturated heterocycles. The molecule has 0 aliphatic carbocycles. The van der Waals surface area contributed by atoms with E-state index in [1.54, 1.807) is 75.1 Å². The molecule has 3 aromatic carbocycles. The van der Waals surface area contributed by atoms with Crippen LogP contribution in [0.15, 0.2) is 85.2 Å². The lowest BCUT2D eigenvalue weighted by atomic mass is 10.1. The van der Waals surface area contributed by atoms with Crippen LogP contribution in [-0.4, -0.2) is 30.1 Å². The van der Waals surface area contributed by atoms with Crippen molar-refractivity contribution >= 4 is 11.6 Å². The largest absolute Gasteiger partial charge is 0.497 e. The molecule has 4 rings (SSSR count). The molecule has 1 aromatic heterocycles. The quantitative estimate of drug-likeness (QED) is 0.436. The Kier molecular flexibility index (Phi) is 6.27. The molecule has 160 valence electrons. The summed E-state index contributed by atoms with van der Waals surface area (Å²) in [5, 5.41) is 2.86. The summed E-state index contributed by atoms with van der Waals surface area (Å²) in [7, 11) is 3.19. The Morgan fingerprint density at radius 1 is 0.750 bits per heavy atom. The number of ether oxygens (including phenoxy) is 3. The number of rotatable bonds is 7. The highest BCUT2D eigenvalue weighted by Gasteiger charge is 2.08. The van der Waals surface area contributed by atoms with Gasteiger partial charge in [0.05, 0.1) is 14.2 Å². The molecule has 1 amide bonds. The predicted molar refractivity (Wildman–Crippen MR) is 121 cm³/mol. The summed E-state index contributed by atoms with van der Waals surface area (Å²) in [6, 6.07) is 21.8. The van der Waals surface area contributed by atoms with Gasteiger partial charge in [0.2, 0.25) is 0 Å². The molecule has 4 aromatic rings. The first-order chi connectivity index (χ1) is 15.6. The Hall–Kier alpha value is -4.39. The smallest absolute Gasteiger partial charge is 0.321 e. The van der Waals surface area contributed by atoms with Gasteiger partial charge in [0.15, 0.2) is 0 Å². The van der Waals surface area contributed by atoms with Crippen molar-refractivity contribution in [2.75, 3.05) is 19.5 Å². The third-order valence-corrected chi connectivity index (χ3v) is 4.71. The Balaban J connectivity index is 1.41. The van der Waals surface area contributed by atoms with Crippen molar-refractivity contribution in [2.24, 2.45) is 0 Å². The van der Waals surface area contributed by atoms with Crippen LogP contribution in [0, 0.1) is 0 Å². The zero-order chi connectivity index (χ0) is 22.3. The Morgan fingerprint density at radius 2 is 1.41 bits per heavy atom. The van der Waals surface area contributed by atoms with Crippen molar-refractivity contribution in [3.05, 3.63) is 90.8 Å². The van der Waals surface area contributed by atoms with Gasteiger partial charge in [-0.15, -0.1) is 0 Å². The van der Waals surface area contributed by atoms with Crippen molar-refractivity contribution in [1.29, 1.82) is 0 Å². The number of anilines is 1. The van der Waals surface area contributed by atoms with E-state index in [0.717, 1.165) is 16.9 Å². The van der Waals surface area contributed by atoms with Gasteiger partial charge in [-0.3, -0.25) is 4.79 Å². The van der Waals surface area contributed by atoms with Crippen molar-refractivity contribution in [3.8, 4) is 34.4 Å². The number of hydrogen-bond acceptors (Lipinski definition) is 6. The fourth-order valence-corrected chi connectivity index (χ4v) is 2.98. The van der Waals surface area contributed by atoms with Gasteiger partial charge in [0.1, 0.15) is 17.2 Å². The summed E-state index contributed by atoms with van der Waals surface area (Å²) >= 11 is 0. The maximum absolute atomic E-state index is 12.5. The van der Waals surface area contributed by atoms with Crippen LogP contribution in [0.2, 0.25) is 0 Å². The van der Waals surface area contributed by atoms with Crippen molar-refractivity contribution < 1.29 is 19.0 Å². The summed E-state index contributed by atoms with van der Waals surface area (Å²) in [5.41, 5.74) is 2.94. The minimum Gasteiger partial charge on any atom is -0.497 e. The van der Waals surface area contributed by atoms with E-state index in [-0.39, 0.29) is 11.9 Å². The molecular formula is C25H21N3O4. The number of carbonyl (C=O) groups is 1. The van der Waals surface area contributed by atoms with Crippen LogP contribution in [0.3, 0.4) is 0 Å². The number of nitrogens with one attached hydrogen (secondary N) is 1. The number of nitrogens with zero attached hydrogens (tertiary/aromatic N) is 2. The van der Waals surface area contributed by atoms with Gasteiger partial charge in [-0.05, 0) is 54.1 Å². The molecule has 0 unspecified atom stereocenters. The topological polar surface area (TPSA) is 82.6 Å². The average Bonchev–Trinajstić information content (AvgIpc) is 2.85. The zero-order valence-corrected chi connectivity index (χ0v) is 17.6. The van der Waals surface area contributed by atoms with E-state index in [2.05, 4.69) is 15.3 Å². The van der Waals surface area contributed by atoms with Crippen LogP contribution in [-0.2, 0) is 0 Å². The molecule has 0 spiro atoms. The Bertz CT molecular complexity index is 1190. The molecule has 0 atom stereocenters. The predicted octanol–water partition coefficient (Wildman–Crippen LogP) is 5.21. The molecule has 0 aliphatic rings. The maximum Gasteiger partial charge on any atom is 0.321 e. The number of amides is 1. The summed E-state index contributed by atoms with van der Waals surface area (Å²) in [4.78, 5) is 21.0. The SMILES string of the molecule is COc1ccc(NC(=O)c2ccc(-c3cnc(Oc4cccc(OC)c4)nc3)cc2)cc1. The van der Waals surface area contributed by atoms with E-state index < -0.39 is 0 Å². The van der Waals surface area contributed by atoms with Gasteiger partial charge in [0, 0.05) is 35.3 Å². The van der Waals surface area contributed by atoms with Gasteiger partial charge in [0.25, 0.3) is 5.91 Å². The monoisotopic (exact) mass is 427 g/mol. The van der Waals surface area contributed by atoms with E-state index in [0.29, 0.717) is 22.7 Å². The first kappa shape index (κ1) is 20.9. The van der Waals surface area contributed by atoms with E-state index in [1.807, 2.05) is 24.3 Å². The molecule has 0 radical (unpaired) electrons. The van der Waals surface area contributed by atoms with Gasteiger partial charge >= 0.3 is 6.01 Å². The number of benzene rings is 3. The van der Waals surface area contributed by atoms with Crippen LogP contribution in [0.25, 0.3) is 11.1 Å². The van der Waals surface area contributed by atoms with Crippen molar-refractivity contribution in [1.82, 2.24) is 9.97 Å². The minimum atomic E-state index is -0.194. The molecule has 1 heterocycles. The third-order valence-electron chi connectivity index (χ3n) is 4.71. The molecule has 0 aliphatic heterocycles. The average molecular weight is 427 g/mol. The second kappa shape index (κ2) is 9.61. The molecule has 0 fully saturated rings. The molecule has 0 saturated carbocycles. The molecule has 7 nitrogen and oxygen atoms in total. The van der Waals surface area contributed by atoms with Crippen LogP contribution in [0.5, 0.6) is 23.3 Å². The first-order valence-electron chi connectivity index (χ1n) is 9.84. The molecule has 1 N–H and O–H groups in total. The Labute approximate surface area is 185 Å². The first-order valence-corrected chi connectivity index (χ1v) is 9.84. The normalized spacial score (nSPS) is 10.3. The van der Waals surface area contributed by atoms with Crippen LogP contribution in [0.4, 0.5) is 5.69 Å². The van der Waals surface area contributed by atoms with E-state index >= 15 is 0 Å². The van der Waals surface area contributed by atoms with Crippen molar-refractivity contribution in [3.63, 3.8) is 0 Å². The summed E-state index contributed by atoms with van der Waals surface area (Å²) < 4.78 is 16.0. The van der Waals surface area contributed by atoms with Crippen LogP contribution in [0.1, 0.15) is 10.4 Å². The van der Waals surface area contributed by atoms with Gasteiger partial charge in [-0.1, -0.05) is 18.2 Å². The lowest BCUT2D eigenvalue weighted by Crippen LogP contribution is -2.11. The Morgan fingerprint density at radius 3 is 2.06 bits per heavy atom. The number of aromatic nitrogens is 2. The van der Waals surface area contributed by atoms with Crippen molar-refractivity contribution in [2.45, 2.75) is 0 Å². The fourth-order valence-electron chi connectivity index (χ4n) is 2.98. The second-order valence-electron chi connectivity index (χ2n) is 6.80. The lowest BCUT2D eigenvalue weighted by molar-refractivity contribution is 0.102. The summed E-state index contributed by atoms with van der Waals surface area (Å²) in [6.45, 7) is 0. The van der Waals surface area contributed by atoms with E-state index in [1.165, 1.54) is 0 Å². The van der Waals surface area contributed by atoms with Gasteiger partial charge < -0.3 is 19.5 Å². The molecule has 0 bridgehead atoms. The number of hydrogen-bond donors (Lipinski definition) is 1. The van der Waals surface area contributed by atoms with Gasteiger partial charge in [-0.2, -0.15) is 0 Å². The zero-order valence-electron chi connectivity index (χ0n) is 17.6. The second-order valence-corrected chi connectivity index (χ2v) is 6.80.